The Labute approximate surface area is 208 Å². The first kappa shape index (κ1) is 22.7. The first-order chi connectivity index (χ1) is 17.0. The summed E-state index contributed by atoms with van der Waals surface area (Å²) in [5, 5.41) is 7.87. The number of methoxy groups -OCH3 is 1. The van der Waals surface area contributed by atoms with Gasteiger partial charge in [0.05, 0.1) is 24.4 Å². The summed E-state index contributed by atoms with van der Waals surface area (Å²) < 4.78 is 11.0. The number of allylic oxidation sites excluding steroid dienone is 1. The van der Waals surface area contributed by atoms with Crippen LogP contribution in [-0.4, -0.2) is 23.3 Å². The summed E-state index contributed by atoms with van der Waals surface area (Å²) in [5.74, 6) is 1.51. The number of hydrogen-bond acceptors (Lipinski definition) is 5. The van der Waals surface area contributed by atoms with Gasteiger partial charge in [0.15, 0.2) is 0 Å². The van der Waals surface area contributed by atoms with Crippen molar-refractivity contribution in [2.24, 2.45) is 0 Å². The van der Waals surface area contributed by atoms with E-state index in [2.05, 4.69) is 15.5 Å². The molecule has 4 aromatic rings. The van der Waals surface area contributed by atoms with Crippen molar-refractivity contribution in [1.82, 2.24) is 15.5 Å². The molecule has 0 saturated carbocycles. The second-order valence-corrected chi connectivity index (χ2v) is 8.62. The number of halogens is 1. The summed E-state index contributed by atoms with van der Waals surface area (Å²) in [6.07, 6.45) is 0. The molecule has 1 aliphatic rings. The number of hydrogen-bond donors (Lipinski definition) is 1. The molecule has 1 unspecified atom stereocenters. The Balaban J connectivity index is 1.65. The van der Waals surface area contributed by atoms with Gasteiger partial charge in [0, 0.05) is 16.3 Å². The summed E-state index contributed by atoms with van der Waals surface area (Å²) in [6.45, 7) is 3.78. The Kier molecular flexibility index (Phi) is 6.01. The van der Waals surface area contributed by atoms with Gasteiger partial charge in [-0.15, -0.1) is 0 Å². The van der Waals surface area contributed by atoms with Crippen molar-refractivity contribution in [1.29, 1.82) is 0 Å². The van der Waals surface area contributed by atoms with Crippen LogP contribution in [0.2, 0.25) is 5.02 Å². The van der Waals surface area contributed by atoms with Gasteiger partial charge in [-0.1, -0.05) is 65.3 Å². The number of nitrogens with one attached hydrogen (secondary N) is 1. The molecule has 0 radical (unpaired) electrons. The van der Waals surface area contributed by atoms with Crippen molar-refractivity contribution in [3.63, 3.8) is 0 Å². The lowest BCUT2D eigenvalue weighted by Gasteiger charge is -2.35. The van der Waals surface area contributed by atoms with Gasteiger partial charge in [0.1, 0.15) is 5.75 Å². The van der Waals surface area contributed by atoms with Crippen LogP contribution in [0.5, 0.6) is 5.75 Å². The van der Waals surface area contributed by atoms with Crippen LogP contribution in [-0.2, 0) is 0 Å². The fourth-order valence-electron chi connectivity index (χ4n) is 4.14. The first-order valence-electron chi connectivity index (χ1n) is 11.1. The smallest absolute Gasteiger partial charge is 0.326 e. The highest BCUT2D eigenvalue weighted by Gasteiger charge is 2.36. The van der Waals surface area contributed by atoms with E-state index in [1.54, 1.807) is 18.1 Å². The fourth-order valence-corrected chi connectivity index (χ4v) is 4.31. The molecule has 2 amide bonds. The Bertz CT molecular complexity index is 1410. The molecule has 1 atom stereocenters. The molecular formula is C27H23ClN4O3. The van der Waals surface area contributed by atoms with Crippen molar-refractivity contribution in [2.75, 3.05) is 12.0 Å². The van der Waals surface area contributed by atoms with Gasteiger partial charge in [0.2, 0.25) is 5.82 Å². The Hall–Kier alpha value is -4.10. The number of aromatic nitrogens is 2. The monoisotopic (exact) mass is 486 g/mol. The van der Waals surface area contributed by atoms with Crippen molar-refractivity contribution in [2.45, 2.75) is 19.9 Å². The molecule has 5 rings (SSSR count). The standard InChI is InChI=1S/C27H23ClN4O3/c1-16-9-12-20(15-22(16)28)32-17(2)23(26-30-25(31-35-26)19-7-5-4-6-8-19)24(29-27(32)33)18-10-13-21(34-3)14-11-18/h4-15,24H,1-3H3,(H,29,33). The van der Waals surface area contributed by atoms with E-state index >= 15 is 0 Å². The number of aryl methyl sites for hydroxylation is 1. The predicted octanol–water partition coefficient (Wildman–Crippen LogP) is 6.41. The molecule has 7 nitrogen and oxygen atoms in total. The normalized spacial score (nSPS) is 15.8. The number of amides is 2. The van der Waals surface area contributed by atoms with Crippen LogP contribution < -0.4 is 15.0 Å². The molecule has 3 aromatic carbocycles. The van der Waals surface area contributed by atoms with Gasteiger partial charge in [-0.05, 0) is 49.2 Å². The number of carbonyl (C=O) groups excluding carboxylic acids is 1. The zero-order valence-corrected chi connectivity index (χ0v) is 20.2. The number of nitrogens with zero attached hydrogens (tertiary/aromatic N) is 3. The number of urea groups is 1. The van der Waals surface area contributed by atoms with Gasteiger partial charge in [0.25, 0.3) is 5.89 Å². The SMILES string of the molecule is COc1ccc(C2NC(=O)N(c3ccc(C)c(Cl)c3)C(C)=C2c2nc(-c3ccccc3)no2)cc1. The molecule has 8 heteroatoms. The molecule has 0 aliphatic carbocycles. The average Bonchev–Trinajstić information content (AvgIpc) is 3.36. The lowest BCUT2D eigenvalue weighted by molar-refractivity contribution is 0.244. The predicted molar refractivity (Wildman–Crippen MR) is 135 cm³/mol. The lowest BCUT2D eigenvalue weighted by Crippen LogP contribution is -2.46. The molecule has 1 aliphatic heterocycles. The van der Waals surface area contributed by atoms with Crippen molar-refractivity contribution >= 4 is 28.9 Å². The topological polar surface area (TPSA) is 80.5 Å². The summed E-state index contributed by atoms with van der Waals surface area (Å²) in [6, 6.07) is 21.8. The second kappa shape index (κ2) is 9.27. The zero-order chi connectivity index (χ0) is 24.5. The third-order valence-electron chi connectivity index (χ3n) is 6.04. The summed E-state index contributed by atoms with van der Waals surface area (Å²) in [4.78, 5) is 19.6. The van der Waals surface area contributed by atoms with Crippen molar-refractivity contribution in [3.8, 4) is 17.1 Å². The highest BCUT2D eigenvalue weighted by Crippen LogP contribution is 2.40. The third kappa shape index (κ3) is 4.26. The van der Waals surface area contributed by atoms with Gasteiger partial charge in [-0.2, -0.15) is 4.98 Å². The molecule has 176 valence electrons. The quantitative estimate of drug-likeness (QED) is 0.352. The van der Waals surface area contributed by atoms with E-state index in [4.69, 9.17) is 20.9 Å². The van der Waals surface area contributed by atoms with Crippen LogP contribution in [0.15, 0.2) is 83.0 Å². The number of benzene rings is 3. The van der Waals surface area contributed by atoms with E-state index in [9.17, 15) is 4.79 Å². The molecule has 1 aromatic heterocycles. The molecular weight excluding hydrogens is 464 g/mol. The highest BCUT2D eigenvalue weighted by atomic mass is 35.5. The maximum Gasteiger partial charge on any atom is 0.326 e. The summed E-state index contributed by atoms with van der Waals surface area (Å²) >= 11 is 6.38. The maximum atomic E-state index is 13.4. The Morgan fingerprint density at radius 2 is 1.77 bits per heavy atom. The number of anilines is 1. The Morgan fingerprint density at radius 1 is 1.03 bits per heavy atom. The highest BCUT2D eigenvalue weighted by molar-refractivity contribution is 6.31. The number of rotatable bonds is 5. The number of ether oxygens (including phenoxy) is 1. The van der Waals surface area contributed by atoms with E-state index in [1.165, 1.54) is 0 Å². The maximum absolute atomic E-state index is 13.4. The minimum Gasteiger partial charge on any atom is -0.497 e. The van der Waals surface area contributed by atoms with Gasteiger partial charge >= 0.3 is 6.03 Å². The van der Waals surface area contributed by atoms with Gasteiger partial charge < -0.3 is 14.6 Å². The van der Waals surface area contributed by atoms with E-state index < -0.39 is 6.04 Å². The number of carbonyl (C=O) groups is 1. The van der Waals surface area contributed by atoms with Gasteiger partial charge in [-0.25, -0.2) is 4.79 Å². The van der Waals surface area contributed by atoms with E-state index in [0.29, 0.717) is 33.7 Å². The molecule has 0 saturated heterocycles. The second-order valence-electron chi connectivity index (χ2n) is 8.21. The summed E-state index contributed by atoms with van der Waals surface area (Å²) in [5.41, 5.74) is 4.62. The van der Waals surface area contributed by atoms with Crippen LogP contribution in [0.3, 0.4) is 0 Å². The zero-order valence-electron chi connectivity index (χ0n) is 19.4. The van der Waals surface area contributed by atoms with Crippen LogP contribution in [0.1, 0.15) is 30.0 Å². The van der Waals surface area contributed by atoms with Crippen LogP contribution in [0.4, 0.5) is 10.5 Å². The minimum absolute atomic E-state index is 0.283. The lowest BCUT2D eigenvalue weighted by atomic mass is 9.94. The third-order valence-corrected chi connectivity index (χ3v) is 6.44. The molecule has 0 bridgehead atoms. The van der Waals surface area contributed by atoms with Crippen molar-refractivity contribution < 1.29 is 14.1 Å². The van der Waals surface area contributed by atoms with Crippen LogP contribution in [0.25, 0.3) is 17.0 Å². The fraction of sp³-hybridized carbons (Fsp3) is 0.148. The summed E-state index contributed by atoms with van der Waals surface area (Å²) in [7, 11) is 1.61. The molecule has 0 fully saturated rings. The largest absolute Gasteiger partial charge is 0.497 e. The molecule has 0 spiro atoms. The molecule has 1 N–H and O–H groups in total. The molecule has 35 heavy (non-hydrogen) atoms. The van der Waals surface area contributed by atoms with E-state index in [1.807, 2.05) is 80.6 Å². The average molecular weight is 487 g/mol. The van der Waals surface area contributed by atoms with E-state index in [-0.39, 0.29) is 6.03 Å². The van der Waals surface area contributed by atoms with Crippen LogP contribution >= 0.6 is 11.6 Å². The first-order valence-corrected chi connectivity index (χ1v) is 11.4. The van der Waals surface area contributed by atoms with Crippen molar-refractivity contribution in [3.05, 3.63) is 101 Å². The minimum atomic E-state index is -0.505. The molecule has 2 heterocycles. The van der Waals surface area contributed by atoms with Gasteiger partial charge in [-0.3, -0.25) is 4.90 Å². The Morgan fingerprint density at radius 3 is 2.46 bits per heavy atom. The van der Waals surface area contributed by atoms with Crippen LogP contribution in [0, 0.1) is 6.92 Å². The van der Waals surface area contributed by atoms with E-state index in [0.717, 1.165) is 22.4 Å².